The Balaban J connectivity index is 4.29. The molecule has 0 spiro atoms. The molecule has 0 aliphatic heterocycles. The van der Waals surface area contributed by atoms with Crippen molar-refractivity contribution in [1.29, 1.82) is 0 Å². The van der Waals surface area contributed by atoms with Crippen LogP contribution in [0.3, 0.4) is 0 Å². The lowest BCUT2D eigenvalue weighted by atomic mass is 10.0. The van der Waals surface area contributed by atoms with E-state index < -0.39 is 24.3 Å². The van der Waals surface area contributed by atoms with E-state index >= 15 is 0 Å². The summed E-state index contributed by atoms with van der Waals surface area (Å²) < 4.78 is 22.7. The highest BCUT2D eigenvalue weighted by atomic mass is 16.7. The fourth-order valence-electron chi connectivity index (χ4n) is 8.79. The number of hydrogen-bond acceptors (Lipinski definition) is 8. The van der Waals surface area contributed by atoms with Gasteiger partial charge in [0.15, 0.2) is 12.4 Å². The van der Waals surface area contributed by atoms with Crippen molar-refractivity contribution in [2.75, 3.05) is 47.5 Å². The third-order valence-electron chi connectivity index (χ3n) is 13.9. The number of carbonyl (C=O) groups excluding carboxylic acids is 3. The number of ether oxygens (including phenoxy) is 4. The zero-order chi connectivity index (χ0) is 60.5. The molecule has 2 atom stereocenters. The number of carboxylic acids is 1. The van der Waals surface area contributed by atoms with Gasteiger partial charge >= 0.3 is 11.9 Å². The zero-order valence-corrected chi connectivity index (χ0v) is 53.8. The van der Waals surface area contributed by atoms with Crippen LogP contribution in [0.15, 0.2) is 134 Å². The van der Waals surface area contributed by atoms with E-state index in [1.807, 2.05) is 21.1 Å². The SMILES string of the molecule is CC/C=C\C/C=C\C/C=C\C/C=C\C/C=C\C/C=C\C/C=C\C/C=C\C/C=C\C/C=C\CCCCC(=O)OC(COC(=O)CCCCCCCCCCCCCCC/C=C\CCCCCCCCCC)COC(OCC[N+](C)(C)C)C(=O)[O-]. The maximum Gasteiger partial charge on any atom is 0.306 e. The first-order valence-corrected chi connectivity index (χ1v) is 33.3. The van der Waals surface area contributed by atoms with Crippen molar-refractivity contribution in [2.45, 2.75) is 270 Å². The van der Waals surface area contributed by atoms with Crippen LogP contribution in [0, 0.1) is 0 Å². The van der Waals surface area contributed by atoms with E-state index in [2.05, 4.69) is 148 Å². The van der Waals surface area contributed by atoms with Gasteiger partial charge in [-0.3, -0.25) is 9.59 Å². The van der Waals surface area contributed by atoms with Crippen LogP contribution in [0.5, 0.6) is 0 Å². The van der Waals surface area contributed by atoms with Crippen molar-refractivity contribution in [3.63, 3.8) is 0 Å². The molecule has 0 aliphatic rings. The van der Waals surface area contributed by atoms with Gasteiger partial charge in [-0.2, -0.15) is 0 Å². The van der Waals surface area contributed by atoms with Gasteiger partial charge in [0.1, 0.15) is 13.2 Å². The lowest BCUT2D eigenvalue weighted by Crippen LogP contribution is -2.44. The van der Waals surface area contributed by atoms with Crippen LogP contribution >= 0.6 is 0 Å². The normalized spacial score (nSPS) is 13.6. The number of quaternary nitrogens is 1. The molecule has 0 aliphatic carbocycles. The predicted octanol–water partition coefficient (Wildman–Crippen LogP) is 19.2. The summed E-state index contributed by atoms with van der Waals surface area (Å²) in [6.07, 6.45) is 88.1. The standard InChI is InChI=1S/C74H123NO8/c1-6-8-10-12-14-16-18-20-22-24-26-28-30-32-33-34-35-36-37-38-39-41-43-45-47-49-51-53-55-57-59-61-63-65-72(77)83-70(69-82-74(73(78)79)80-67-66-75(3,4)5)68-81-71(76)64-62-60-58-56-54-52-50-48-46-44-42-40-31-29-27-25-23-21-19-17-15-13-11-9-7-2/h8,10,14,16,20,22,25-28,32-33,35-36,38-39,43,45,49,51,55,57,70,74H,6-7,9,11-13,15,17-19,21,23-24,29-31,34,37,40-42,44,46-48,50,52-54,56,58-69H2,1-5H3/b10-8-,16-14-,22-20-,27-25-,28-26-,33-32-,36-35-,39-38-,45-43-,51-49-,57-55-. The van der Waals surface area contributed by atoms with Crippen LogP contribution in [0.4, 0.5) is 0 Å². The molecular formula is C74H123NO8. The van der Waals surface area contributed by atoms with E-state index in [0.29, 0.717) is 17.4 Å². The largest absolute Gasteiger partial charge is 0.545 e. The summed E-state index contributed by atoms with van der Waals surface area (Å²) in [5, 5.41) is 11.8. The molecule has 0 aromatic heterocycles. The third kappa shape index (κ3) is 64.8. The summed E-state index contributed by atoms with van der Waals surface area (Å²) in [6.45, 7) is 4.59. The Bertz CT molecular complexity index is 1820. The molecule has 0 amide bonds. The Morgan fingerprint density at radius 3 is 1.06 bits per heavy atom. The van der Waals surface area contributed by atoms with E-state index in [1.54, 1.807) is 0 Å². The number of rotatable bonds is 60. The lowest BCUT2D eigenvalue weighted by molar-refractivity contribution is -0.870. The summed E-state index contributed by atoms with van der Waals surface area (Å²) in [7, 11) is 5.90. The number of esters is 2. The molecule has 0 fully saturated rings. The smallest absolute Gasteiger partial charge is 0.306 e. The molecule has 2 unspecified atom stereocenters. The maximum absolute atomic E-state index is 12.9. The molecule has 472 valence electrons. The average Bonchev–Trinajstić information content (AvgIpc) is 3.46. The second kappa shape index (κ2) is 63.5. The van der Waals surface area contributed by atoms with Crippen molar-refractivity contribution in [3.05, 3.63) is 134 Å². The van der Waals surface area contributed by atoms with Crippen molar-refractivity contribution < 1.29 is 42.9 Å². The van der Waals surface area contributed by atoms with Gasteiger partial charge in [-0.25, -0.2) is 0 Å². The van der Waals surface area contributed by atoms with E-state index in [0.717, 1.165) is 96.3 Å². The number of hydrogen-bond donors (Lipinski definition) is 0. The highest BCUT2D eigenvalue weighted by Crippen LogP contribution is 2.16. The predicted molar refractivity (Wildman–Crippen MR) is 352 cm³/mol. The van der Waals surface area contributed by atoms with Crippen LogP contribution in [0.25, 0.3) is 0 Å². The molecule has 0 aromatic rings. The average molecular weight is 1150 g/mol. The molecule has 0 saturated carbocycles. The van der Waals surface area contributed by atoms with Crippen LogP contribution < -0.4 is 5.11 Å². The van der Waals surface area contributed by atoms with E-state index in [-0.39, 0.29) is 38.6 Å². The third-order valence-corrected chi connectivity index (χ3v) is 13.9. The summed E-state index contributed by atoms with van der Waals surface area (Å²) in [5.41, 5.74) is 0. The second-order valence-corrected chi connectivity index (χ2v) is 23.0. The summed E-state index contributed by atoms with van der Waals surface area (Å²) in [4.78, 5) is 37.4. The van der Waals surface area contributed by atoms with Crippen molar-refractivity contribution in [2.24, 2.45) is 0 Å². The fraction of sp³-hybridized carbons (Fsp3) is 0.662. The summed E-state index contributed by atoms with van der Waals surface area (Å²) in [6, 6.07) is 0. The highest BCUT2D eigenvalue weighted by molar-refractivity contribution is 5.70. The summed E-state index contributed by atoms with van der Waals surface area (Å²) >= 11 is 0. The van der Waals surface area contributed by atoms with Crippen molar-refractivity contribution >= 4 is 17.9 Å². The first kappa shape index (κ1) is 78.4. The molecule has 9 heteroatoms. The second-order valence-electron chi connectivity index (χ2n) is 23.0. The van der Waals surface area contributed by atoms with Gasteiger partial charge in [-0.15, -0.1) is 0 Å². The summed E-state index contributed by atoms with van der Waals surface area (Å²) in [5.74, 6) is -2.35. The molecule has 0 N–H and O–H groups in total. The molecule has 0 heterocycles. The monoisotopic (exact) mass is 1150 g/mol. The molecule has 0 radical (unpaired) electrons. The topological polar surface area (TPSA) is 111 Å². The molecule has 0 aromatic carbocycles. The Kier molecular flexibility index (Phi) is 60.0. The van der Waals surface area contributed by atoms with Crippen LogP contribution in [0.2, 0.25) is 0 Å². The molecule has 0 saturated heterocycles. The minimum Gasteiger partial charge on any atom is -0.545 e. The number of carbonyl (C=O) groups is 3. The number of unbranched alkanes of at least 4 members (excludes halogenated alkanes) is 23. The van der Waals surface area contributed by atoms with Gasteiger partial charge in [0.2, 0.25) is 0 Å². The number of allylic oxidation sites excluding steroid dienone is 22. The Labute approximate surface area is 509 Å². The molecule has 0 rings (SSSR count). The van der Waals surface area contributed by atoms with Gasteiger partial charge in [-0.1, -0.05) is 263 Å². The minimum absolute atomic E-state index is 0.132. The van der Waals surface area contributed by atoms with Crippen LogP contribution in [0.1, 0.15) is 258 Å². The first-order valence-electron chi connectivity index (χ1n) is 33.3. The Morgan fingerprint density at radius 1 is 0.373 bits per heavy atom. The van der Waals surface area contributed by atoms with E-state index in [9.17, 15) is 19.5 Å². The molecule has 9 nitrogen and oxygen atoms in total. The van der Waals surface area contributed by atoms with Gasteiger partial charge in [0.25, 0.3) is 0 Å². The Hall–Kier alpha value is -4.57. The first-order chi connectivity index (χ1) is 40.6. The zero-order valence-electron chi connectivity index (χ0n) is 53.8. The minimum atomic E-state index is -1.64. The van der Waals surface area contributed by atoms with E-state index in [1.165, 1.54) is 128 Å². The molecular weight excluding hydrogens is 1030 g/mol. The number of likely N-dealkylation sites (N-methyl/N-ethyl adjacent to an activating group) is 1. The number of nitrogens with zero attached hydrogens (tertiary/aromatic N) is 1. The lowest BCUT2D eigenvalue weighted by Gasteiger charge is -2.26. The Morgan fingerprint density at radius 2 is 0.687 bits per heavy atom. The van der Waals surface area contributed by atoms with Crippen molar-refractivity contribution in [1.82, 2.24) is 0 Å². The molecule has 83 heavy (non-hydrogen) atoms. The number of aliphatic carboxylic acids is 1. The van der Waals surface area contributed by atoms with Gasteiger partial charge in [0.05, 0.1) is 40.3 Å². The van der Waals surface area contributed by atoms with Gasteiger partial charge in [0, 0.05) is 12.8 Å². The van der Waals surface area contributed by atoms with Gasteiger partial charge in [-0.05, 0) is 116 Å². The maximum atomic E-state index is 12.9. The van der Waals surface area contributed by atoms with Crippen LogP contribution in [-0.2, 0) is 33.3 Å². The highest BCUT2D eigenvalue weighted by Gasteiger charge is 2.22. The molecule has 0 bridgehead atoms. The van der Waals surface area contributed by atoms with Crippen LogP contribution in [-0.4, -0.2) is 82.3 Å². The van der Waals surface area contributed by atoms with Crippen molar-refractivity contribution in [3.8, 4) is 0 Å². The fourth-order valence-corrected chi connectivity index (χ4v) is 8.79. The number of carboxylic acid groups (broad SMARTS) is 1. The quantitative estimate of drug-likeness (QED) is 0.0195. The van der Waals surface area contributed by atoms with Gasteiger partial charge < -0.3 is 33.3 Å². The van der Waals surface area contributed by atoms with E-state index in [4.69, 9.17) is 18.9 Å².